The second kappa shape index (κ2) is 8.93. The van der Waals surface area contributed by atoms with E-state index in [4.69, 9.17) is 0 Å². The molecular weight excluding hydrogens is 280 g/mol. The Morgan fingerprint density at radius 1 is 1.00 bits per heavy atom. The van der Waals surface area contributed by atoms with Crippen LogP contribution in [-0.4, -0.2) is 62.0 Å². The van der Waals surface area contributed by atoms with Gasteiger partial charge in [0.2, 0.25) is 11.8 Å². The molecule has 2 amide bonds. The number of rotatable bonds is 7. The number of carbonyl (C=O) groups is 4. The van der Waals surface area contributed by atoms with Crippen LogP contribution in [0.25, 0.3) is 0 Å². The van der Waals surface area contributed by atoms with Crippen LogP contribution in [0.15, 0.2) is 0 Å². The van der Waals surface area contributed by atoms with Crippen LogP contribution in [-0.2, 0) is 28.7 Å². The van der Waals surface area contributed by atoms with Gasteiger partial charge in [-0.15, -0.1) is 0 Å². The molecule has 0 bridgehead atoms. The third-order valence-electron chi connectivity index (χ3n) is 2.70. The van der Waals surface area contributed by atoms with Gasteiger partial charge >= 0.3 is 11.9 Å². The standard InChI is InChI=1S/C13H22N2O6/c1-8(2)12(14-9(3)16)13(19)15(6-10(17)20-4)7-11(18)21-5/h8,12H,6-7H2,1-5H3,(H,14,16). The van der Waals surface area contributed by atoms with Crippen molar-refractivity contribution in [2.45, 2.75) is 26.8 Å². The van der Waals surface area contributed by atoms with Gasteiger partial charge in [-0.25, -0.2) is 0 Å². The highest BCUT2D eigenvalue weighted by atomic mass is 16.5. The summed E-state index contributed by atoms with van der Waals surface area (Å²) in [5, 5.41) is 2.51. The Bertz CT molecular complexity index is 389. The zero-order valence-corrected chi connectivity index (χ0v) is 13.0. The summed E-state index contributed by atoms with van der Waals surface area (Å²) >= 11 is 0. The molecule has 0 saturated carbocycles. The van der Waals surface area contributed by atoms with Gasteiger partial charge in [-0.3, -0.25) is 19.2 Å². The molecule has 0 aromatic heterocycles. The molecular formula is C13H22N2O6. The molecule has 0 aliphatic heterocycles. The van der Waals surface area contributed by atoms with Gasteiger partial charge in [0.25, 0.3) is 0 Å². The summed E-state index contributed by atoms with van der Waals surface area (Å²) in [5.74, 6) is -2.47. The Morgan fingerprint density at radius 2 is 1.43 bits per heavy atom. The smallest absolute Gasteiger partial charge is 0.325 e. The maximum absolute atomic E-state index is 12.4. The minimum atomic E-state index is -0.836. The molecule has 120 valence electrons. The lowest BCUT2D eigenvalue weighted by Gasteiger charge is -2.28. The number of amides is 2. The number of esters is 2. The van der Waals surface area contributed by atoms with E-state index in [0.717, 1.165) is 4.90 Å². The molecule has 0 heterocycles. The van der Waals surface area contributed by atoms with Crippen molar-refractivity contribution in [2.75, 3.05) is 27.3 Å². The van der Waals surface area contributed by atoms with Crippen LogP contribution >= 0.6 is 0 Å². The molecule has 8 nitrogen and oxygen atoms in total. The quantitative estimate of drug-likeness (QED) is 0.625. The van der Waals surface area contributed by atoms with Crippen LogP contribution in [0.2, 0.25) is 0 Å². The van der Waals surface area contributed by atoms with Gasteiger partial charge in [-0.05, 0) is 5.92 Å². The van der Waals surface area contributed by atoms with Crippen LogP contribution in [0.4, 0.5) is 0 Å². The van der Waals surface area contributed by atoms with Crippen molar-refractivity contribution in [3.63, 3.8) is 0 Å². The van der Waals surface area contributed by atoms with Gasteiger partial charge in [0.15, 0.2) is 0 Å². The fraction of sp³-hybridized carbons (Fsp3) is 0.692. The highest BCUT2D eigenvalue weighted by Crippen LogP contribution is 2.07. The van der Waals surface area contributed by atoms with E-state index in [0.29, 0.717) is 0 Å². The number of ether oxygens (including phenoxy) is 2. The summed E-state index contributed by atoms with van der Waals surface area (Å²) in [5.41, 5.74) is 0. The second-order valence-corrected chi connectivity index (χ2v) is 4.77. The molecule has 0 spiro atoms. The lowest BCUT2D eigenvalue weighted by atomic mass is 10.0. The van der Waals surface area contributed by atoms with Crippen molar-refractivity contribution in [3.8, 4) is 0 Å². The van der Waals surface area contributed by atoms with E-state index in [-0.39, 0.29) is 11.8 Å². The lowest BCUT2D eigenvalue weighted by molar-refractivity contribution is -0.153. The van der Waals surface area contributed by atoms with Crippen molar-refractivity contribution in [2.24, 2.45) is 5.92 Å². The summed E-state index contributed by atoms with van der Waals surface area (Å²) in [6.45, 7) is 3.98. The predicted molar refractivity (Wildman–Crippen MR) is 73.1 cm³/mol. The molecule has 0 fully saturated rings. The van der Waals surface area contributed by atoms with Crippen molar-refractivity contribution in [1.82, 2.24) is 10.2 Å². The maximum Gasteiger partial charge on any atom is 0.325 e. The molecule has 21 heavy (non-hydrogen) atoms. The molecule has 0 rings (SSSR count). The number of nitrogens with one attached hydrogen (secondary N) is 1. The molecule has 0 aliphatic carbocycles. The van der Waals surface area contributed by atoms with Gasteiger partial charge in [-0.1, -0.05) is 13.8 Å². The van der Waals surface area contributed by atoms with E-state index in [2.05, 4.69) is 14.8 Å². The highest BCUT2D eigenvalue weighted by Gasteiger charge is 2.30. The van der Waals surface area contributed by atoms with E-state index in [1.165, 1.54) is 21.1 Å². The molecule has 1 N–H and O–H groups in total. The van der Waals surface area contributed by atoms with E-state index in [1.54, 1.807) is 13.8 Å². The number of carbonyl (C=O) groups excluding carboxylic acids is 4. The Hall–Kier alpha value is -2.12. The first-order valence-electron chi connectivity index (χ1n) is 6.42. The topological polar surface area (TPSA) is 102 Å². The predicted octanol–water partition coefficient (Wildman–Crippen LogP) is -0.678. The third kappa shape index (κ3) is 6.73. The normalized spacial score (nSPS) is 11.5. The zero-order valence-electron chi connectivity index (χ0n) is 13.0. The first-order chi connectivity index (χ1) is 9.72. The first kappa shape index (κ1) is 18.9. The molecule has 0 saturated heterocycles. The average molecular weight is 302 g/mol. The van der Waals surface area contributed by atoms with Crippen LogP contribution < -0.4 is 5.32 Å². The van der Waals surface area contributed by atoms with Crippen molar-refractivity contribution >= 4 is 23.8 Å². The first-order valence-corrected chi connectivity index (χ1v) is 6.42. The molecule has 1 atom stereocenters. The lowest BCUT2D eigenvalue weighted by Crippen LogP contribution is -2.53. The molecule has 0 radical (unpaired) electrons. The summed E-state index contributed by atoms with van der Waals surface area (Å²) in [6, 6.07) is -0.836. The van der Waals surface area contributed by atoms with E-state index >= 15 is 0 Å². The minimum absolute atomic E-state index is 0.209. The van der Waals surface area contributed by atoms with Crippen molar-refractivity contribution in [1.29, 1.82) is 0 Å². The number of methoxy groups -OCH3 is 2. The largest absolute Gasteiger partial charge is 0.468 e. The fourth-order valence-corrected chi connectivity index (χ4v) is 1.58. The molecule has 1 unspecified atom stereocenters. The summed E-state index contributed by atoms with van der Waals surface area (Å²) in [4.78, 5) is 47.3. The Kier molecular flexibility index (Phi) is 8.03. The Morgan fingerprint density at radius 3 is 1.71 bits per heavy atom. The molecule has 8 heteroatoms. The van der Waals surface area contributed by atoms with Crippen LogP contribution in [0.1, 0.15) is 20.8 Å². The summed E-state index contributed by atoms with van der Waals surface area (Å²) in [7, 11) is 2.35. The number of nitrogens with zero attached hydrogens (tertiary/aromatic N) is 1. The molecule has 0 aromatic carbocycles. The molecule has 0 aromatic rings. The van der Waals surface area contributed by atoms with E-state index in [1.807, 2.05) is 0 Å². The maximum atomic E-state index is 12.4. The Balaban J connectivity index is 5.15. The highest BCUT2D eigenvalue weighted by molar-refractivity contribution is 5.91. The zero-order chi connectivity index (χ0) is 16.6. The number of hydrogen-bond donors (Lipinski definition) is 1. The van der Waals surface area contributed by atoms with Gasteiger partial charge in [0, 0.05) is 6.92 Å². The SMILES string of the molecule is COC(=O)CN(CC(=O)OC)C(=O)C(NC(C)=O)C(C)C. The number of hydrogen-bond acceptors (Lipinski definition) is 6. The minimum Gasteiger partial charge on any atom is -0.468 e. The van der Waals surface area contributed by atoms with Crippen LogP contribution in [0, 0.1) is 5.92 Å². The summed E-state index contributed by atoms with van der Waals surface area (Å²) in [6.07, 6.45) is 0. The van der Waals surface area contributed by atoms with E-state index in [9.17, 15) is 19.2 Å². The second-order valence-electron chi connectivity index (χ2n) is 4.77. The third-order valence-corrected chi connectivity index (χ3v) is 2.70. The summed E-state index contributed by atoms with van der Waals surface area (Å²) < 4.78 is 8.99. The Labute approximate surface area is 123 Å². The average Bonchev–Trinajstić information content (AvgIpc) is 2.42. The van der Waals surface area contributed by atoms with Gasteiger partial charge in [0.05, 0.1) is 14.2 Å². The molecule has 0 aliphatic rings. The van der Waals surface area contributed by atoms with Gasteiger partial charge in [-0.2, -0.15) is 0 Å². The van der Waals surface area contributed by atoms with E-state index < -0.39 is 37.0 Å². The monoisotopic (exact) mass is 302 g/mol. The van der Waals surface area contributed by atoms with Crippen LogP contribution in [0.3, 0.4) is 0 Å². The van der Waals surface area contributed by atoms with Crippen molar-refractivity contribution < 1.29 is 28.7 Å². The van der Waals surface area contributed by atoms with Crippen molar-refractivity contribution in [3.05, 3.63) is 0 Å². The van der Waals surface area contributed by atoms with Gasteiger partial charge in [0.1, 0.15) is 19.1 Å². The van der Waals surface area contributed by atoms with Gasteiger partial charge < -0.3 is 19.7 Å². The fourth-order valence-electron chi connectivity index (χ4n) is 1.58. The van der Waals surface area contributed by atoms with Crippen LogP contribution in [0.5, 0.6) is 0 Å².